The van der Waals surface area contributed by atoms with Crippen LogP contribution in [0, 0.1) is 0 Å². The van der Waals surface area contributed by atoms with Gasteiger partial charge in [0.2, 0.25) is 0 Å². The fourth-order valence-corrected chi connectivity index (χ4v) is 3.46. The van der Waals surface area contributed by atoms with E-state index < -0.39 is 9.28 Å². The molecule has 1 atom stereocenters. The van der Waals surface area contributed by atoms with Gasteiger partial charge in [-0.05, 0) is 27.2 Å². The molecule has 1 unspecified atom stereocenters. The Labute approximate surface area is 102 Å². The molecule has 4 heteroatoms. The third kappa shape index (κ3) is 7.17. The van der Waals surface area contributed by atoms with Gasteiger partial charge in [0.1, 0.15) is 0 Å². The molecule has 0 aliphatic rings. The van der Waals surface area contributed by atoms with Gasteiger partial charge in [-0.2, -0.15) is 0 Å². The topological polar surface area (TPSA) is 27.7 Å². The molecule has 0 aliphatic carbocycles. The Morgan fingerprint density at radius 3 is 2.12 bits per heavy atom. The molecule has 3 nitrogen and oxygen atoms in total. The van der Waals surface area contributed by atoms with Crippen LogP contribution >= 0.6 is 0 Å². The zero-order valence-corrected chi connectivity index (χ0v) is 12.3. The van der Waals surface area contributed by atoms with Crippen molar-refractivity contribution in [2.24, 2.45) is 0 Å². The highest BCUT2D eigenvalue weighted by molar-refractivity contribution is 6.46. The molecule has 96 valence electrons. The van der Waals surface area contributed by atoms with Crippen LogP contribution in [-0.2, 0) is 13.6 Å². The Balaban J connectivity index is 4.24. The maximum Gasteiger partial charge on any atom is 0.351 e. The van der Waals surface area contributed by atoms with E-state index in [9.17, 15) is 0 Å². The van der Waals surface area contributed by atoms with E-state index in [0.29, 0.717) is 19.8 Å². The van der Waals surface area contributed by atoms with Crippen LogP contribution in [0.2, 0.25) is 0 Å². The van der Waals surface area contributed by atoms with E-state index in [1.54, 1.807) is 0 Å². The van der Waals surface area contributed by atoms with Crippen LogP contribution in [0.3, 0.4) is 0 Å². The standard InChI is InChI=1S/C12H26O3Si/c1-6-9-12(13-10-11(4)5)16(14-7-2)15-8-3/h12,16H,4,6-10H2,1-3,5H3. The Bertz CT molecular complexity index is 179. The van der Waals surface area contributed by atoms with Gasteiger partial charge in [-0.15, -0.1) is 0 Å². The lowest BCUT2D eigenvalue weighted by Gasteiger charge is -2.24. The summed E-state index contributed by atoms with van der Waals surface area (Å²) in [5.74, 6) is 0. The lowest BCUT2D eigenvalue weighted by Crippen LogP contribution is -2.39. The summed E-state index contributed by atoms with van der Waals surface area (Å²) in [6, 6.07) is 0. The SMILES string of the molecule is C=C(C)COC(CCC)[SiH](OCC)OCC. The normalized spacial score (nSPS) is 13.1. The Hall–Kier alpha value is -0.163. The quantitative estimate of drug-likeness (QED) is 0.438. The number of ether oxygens (including phenoxy) is 1. The summed E-state index contributed by atoms with van der Waals surface area (Å²) in [7, 11) is -1.69. The minimum Gasteiger partial charge on any atom is -0.395 e. The molecule has 0 amide bonds. The van der Waals surface area contributed by atoms with Crippen LogP contribution in [0.1, 0.15) is 40.5 Å². The zero-order valence-electron chi connectivity index (χ0n) is 11.1. The van der Waals surface area contributed by atoms with Gasteiger partial charge in [-0.1, -0.05) is 25.5 Å². The summed E-state index contributed by atoms with van der Waals surface area (Å²) in [5.41, 5.74) is 1.18. The van der Waals surface area contributed by atoms with E-state index in [2.05, 4.69) is 13.5 Å². The minimum atomic E-state index is -1.69. The van der Waals surface area contributed by atoms with Gasteiger partial charge in [0.05, 0.1) is 12.3 Å². The molecule has 0 saturated carbocycles. The van der Waals surface area contributed by atoms with Crippen molar-refractivity contribution < 1.29 is 13.6 Å². The van der Waals surface area contributed by atoms with E-state index >= 15 is 0 Å². The predicted octanol–water partition coefficient (Wildman–Crippen LogP) is 2.58. The summed E-state index contributed by atoms with van der Waals surface area (Å²) in [6.07, 6.45) is 2.09. The van der Waals surface area contributed by atoms with E-state index in [1.165, 1.54) is 0 Å². The zero-order chi connectivity index (χ0) is 12.4. The van der Waals surface area contributed by atoms with E-state index in [-0.39, 0.29) is 5.73 Å². The van der Waals surface area contributed by atoms with Crippen LogP contribution in [0.15, 0.2) is 12.2 Å². The molecule has 0 heterocycles. The van der Waals surface area contributed by atoms with E-state index in [4.69, 9.17) is 13.6 Å². The fraction of sp³-hybridized carbons (Fsp3) is 0.833. The highest BCUT2D eigenvalue weighted by Crippen LogP contribution is 2.10. The first-order chi connectivity index (χ1) is 7.65. The van der Waals surface area contributed by atoms with Crippen molar-refractivity contribution in [3.05, 3.63) is 12.2 Å². The van der Waals surface area contributed by atoms with Gasteiger partial charge in [-0.25, -0.2) is 0 Å². The van der Waals surface area contributed by atoms with Gasteiger partial charge < -0.3 is 13.6 Å². The molecular formula is C12H26O3Si. The fourth-order valence-electron chi connectivity index (χ4n) is 1.42. The molecule has 0 radical (unpaired) electrons. The van der Waals surface area contributed by atoms with Crippen molar-refractivity contribution in [3.63, 3.8) is 0 Å². The number of rotatable bonds is 10. The molecule has 0 N–H and O–H groups in total. The Morgan fingerprint density at radius 2 is 1.75 bits per heavy atom. The maximum absolute atomic E-state index is 5.82. The van der Waals surface area contributed by atoms with Crippen molar-refractivity contribution in [2.75, 3.05) is 19.8 Å². The lowest BCUT2D eigenvalue weighted by molar-refractivity contribution is 0.0689. The summed E-state index contributed by atoms with van der Waals surface area (Å²) >= 11 is 0. The molecular weight excluding hydrogens is 220 g/mol. The van der Waals surface area contributed by atoms with E-state index in [1.807, 2.05) is 20.8 Å². The van der Waals surface area contributed by atoms with Gasteiger partial charge in [0.15, 0.2) is 0 Å². The Kier molecular flexibility index (Phi) is 9.92. The minimum absolute atomic E-state index is 0.140. The molecule has 16 heavy (non-hydrogen) atoms. The molecule has 0 aromatic rings. The largest absolute Gasteiger partial charge is 0.395 e. The van der Waals surface area contributed by atoms with E-state index in [0.717, 1.165) is 18.4 Å². The molecule has 0 fully saturated rings. The van der Waals surface area contributed by atoms with Crippen LogP contribution in [0.5, 0.6) is 0 Å². The summed E-state index contributed by atoms with van der Waals surface area (Å²) in [5, 5.41) is 0. The maximum atomic E-state index is 5.82. The smallest absolute Gasteiger partial charge is 0.351 e. The molecule has 0 spiro atoms. The second-order valence-electron chi connectivity index (χ2n) is 3.87. The molecule has 0 bridgehead atoms. The van der Waals surface area contributed by atoms with Crippen LogP contribution < -0.4 is 0 Å². The molecule has 0 aromatic heterocycles. The first kappa shape index (κ1) is 15.8. The third-order valence-electron chi connectivity index (χ3n) is 2.08. The van der Waals surface area contributed by atoms with Crippen molar-refractivity contribution in [1.29, 1.82) is 0 Å². The van der Waals surface area contributed by atoms with Crippen LogP contribution in [0.4, 0.5) is 0 Å². The van der Waals surface area contributed by atoms with Crippen molar-refractivity contribution >= 4 is 9.28 Å². The number of hydrogen-bond acceptors (Lipinski definition) is 3. The molecule has 0 aromatic carbocycles. The van der Waals surface area contributed by atoms with Gasteiger partial charge in [0.25, 0.3) is 0 Å². The lowest BCUT2D eigenvalue weighted by atomic mass is 10.3. The monoisotopic (exact) mass is 246 g/mol. The third-order valence-corrected chi connectivity index (χ3v) is 4.54. The Morgan fingerprint density at radius 1 is 1.19 bits per heavy atom. The number of hydrogen-bond donors (Lipinski definition) is 0. The summed E-state index contributed by atoms with van der Waals surface area (Å²) in [4.78, 5) is 0. The molecule has 0 aliphatic heterocycles. The second kappa shape index (κ2) is 10.0. The van der Waals surface area contributed by atoms with Gasteiger partial charge in [-0.3, -0.25) is 0 Å². The van der Waals surface area contributed by atoms with Crippen molar-refractivity contribution in [2.45, 2.75) is 46.3 Å². The van der Waals surface area contributed by atoms with Gasteiger partial charge >= 0.3 is 9.28 Å². The molecule has 0 rings (SSSR count). The summed E-state index contributed by atoms with van der Waals surface area (Å²) < 4.78 is 17.2. The predicted molar refractivity (Wildman–Crippen MR) is 69.9 cm³/mol. The van der Waals surface area contributed by atoms with Gasteiger partial charge in [0, 0.05) is 13.2 Å². The first-order valence-electron chi connectivity index (χ1n) is 6.14. The highest BCUT2D eigenvalue weighted by Gasteiger charge is 2.25. The van der Waals surface area contributed by atoms with Crippen LogP contribution in [0.25, 0.3) is 0 Å². The van der Waals surface area contributed by atoms with Crippen molar-refractivity contribution in [1.82, 2.24) is 0 Å². The van der Waals surface area contributed by atoms with Crippen molar-refractivity contribution in [3.8, 4) is 0 Å². The molecule has 0 saturated heterocycles. The first-order valence-corrected chi connectivity index (χ1v) is 7.75. The van der Waals surface area contributed by atoms with Crippen LogP contribution in [-0.4, -0.2) is 34.8 Å². The second-order valence-corrected chi connectivity index (χ2v) is 6.02. The average Bonchev–Trinajstić information content (AvgIpc) is 2.24. The highest BCUT2D eigenvalue weighted by atomic mass is 28.3. The summed E-state index contributed by atoms with van der Waals surface area (Å²) in [6.45, 7) is 14.0. The average molecular weight is 246 g/mol.